The third-order valence-electron chi connectivity index (χ3n) is 3.08. The van der Waals surface area contributed by atoms with Crippen LogP contribution in [-0.4, -0.2) is 25.0 Å². The van der Waals surface area contributed by atoms with Crippen LogP contribution in [0.5, 0.6) is 0 Å². The van der Waals surface area contributed by atoms with Crippen LogP contribution < -0.4 is 10.6 Å². The largest absolute Gasteiger partial charge is 0.354 e. The molecule has 16 heavy (non-hydrogen) atoms. The monoisotopic (exact) mass is 226 g/mol. The molecule has 0 saturated carbocycles. The smallest absolute Gasteiger partial charge is 0.237 e. The van der Waals surface area contributed by atoms with Gasteiger partial charge in [-0.05, 0) is 37.1 Å². The molecular formula is C13H26N2O. The summed E-state index contributed by atoms with van der Waals surface area (Å²) in [5.41, 5.74) is 0.197. The molecule has 3 heteroatoms. The molecule has 1 saturated heterocycles. The fourth-order valence-electron chi connectivity index (χ4n) is 2.54. The first kappa shape index (κ1) is 13.5. The van der Waals surface area contributed by atoms with Crippen LogP contribution in [0, 0.1) is 11.3 Å². The maximum atomic E-state index is 11.8. The number of nitrogens with one attached hydrogen (secondary N) is 2. The van der Waals surface area contributed by atoms with E-state index >= 15 is 0 Å². The van der Waals surface area contributed by atoms with Gasteiger partial charge in [0, 0.05) is 6.54 Å². The lowest BCUT2D eigenvalue weighted by Crippen LogP contribution is -2.44. The SMILES string of the molecule is CC(C)CC(C)(C)CNC(=O)C1CCCN1. The van der Waals surface area contributed by atoms with E-state index in [2.05, 4.69) is 38.3 Å². The van der Waals surface area contributed by atoms with Gasteiger partial charge in [0.1, 0.15) is 0 Å². The fraction of sp³-hybridized carbons (Fsp3) is 0.923. The Labute approximate surface area is 99.4 Å². The summed E-state index contributed by atoms with van der Waals surface area (Å²) < 4.78 is 0. The van der Waals surface area contributed by atoms with Gasteiger partial charge in [-0.15, -0.1) is 0 Å². The van der Waals surface area contributed by atoms with Crippen molar-refractivity contribution >= 4 is 5.91 Å². The van der Waals surface area contributed by atoms with Crippen LogP contribution in [0.4, 0.5) is 0 Å². The lowest BCUT2D eigenvalue weighted by molar-refractivity contribution is -0.123. The summed E-state index contributed by atoms with van der Waals surface area (Å²) in [5.74, 6) is 0.853. The third kappa shape index (κ3) is 4.52. The second kappa shape index (κ2) is 5.67. The average molecular weight is 226 g/mol. The maximum Gasteiger partial charge on any atom is 0.237 e. The molecule has 1 fully saturated rings. The zero-order valence-corrected chi connectivity index (χ0v) is 11.1. The molecule has 1 amide bonds. The first-order valence-electron chi connectivity index (χ1n) is 6.42. The quantitative estimate of drug-likeness (QED) is 0.752. The zero-order valence-electron chi connectivity index (χ0n) is 11.1. The van der Waals surface area contributed by atoms with E-state index in [1.165, 1.54) is 0 Å². The van der Waals surface area contributed by atoms with E-state index in [0.717, 1.165) is 32.4 Å². The second-order valence-electron chi connectivity index (χ2n) is 6.13. The lowest BCUT2D eigenvalue weighted by atomic mass is 9.84. The minimum absolute atomic E-state index is 0.0508. The molecule has 1 rings (SSSR count). The summed E-state index contributed by atoms with van der Waals surface area (Å²) in [6, 6.07) is 0.0508. The highest BCUT2D eigenvalue weighted by Crippen LogP contribution is 2.24. The molecule has 1 unspecified atom stereocenters. The van der Waals surface area contributed by atoms with Crippen LogP contribution in [-0.2, 0) is 4.79 Å². The zero-order chi connectivity index (χ0) is 12.2. The highest BCUT2D eigenvalue weighted by molar-refractivity contribution is 5.82. The Bertz CT molecular complexity index is 230. The Hall–Kier alpha value is -0.570. The van der Waals surface area contributed by atoms with Crippen molar-refractivity contribution in [2.75, 3.05) is 13.1 Å². The van der Waals surface area contributed by atoms with Gasteiger partial charge in [0.2, 0.25) is 5.91 Å². The number of hydrogen-bond donors (Lipinski definition) is 2. The van der Waals surface area contributed by atoms with Crippen LogP contribution in [0.15, 0.2) is 0 Å². The van der Waals surface area contributed by atoms with Crippen LogP contribution in [0.3, 0.4) is 0 Å². The number of hydrogen-bond acceptors (Lipinski definition) is 2. The van der Waals surface area contributed by atoms with Crippen molar-refractivity contribution in [2.45, 2.75) is 53.0 Å². The number of rotatable bonds is 5. The lowest BCUT2D eigenvalue weighted by Gasteiger charge is -2.27. The van der Waals surface area contributed by atoms with Gasteiger partial charge in [0.25, 0.3) is 0 Å². The Kier molecular flexibility index (Phi) is 4.78. The molecule has 94 valence electrons. The van der Waals surface area contributed by atoms with E-state index < -0.39 is 0 Å². The topological polar surface area (TPSA) is 41.1 Å². The molecule has 0 radical (unpaired) electrons. The van der Waals surface area contributed by atoms with Gasteiger partial charge in [-0.3, -0.25) is 4.79 Å². The normalized spacial score (nSPS) is 21.4. The summed E-state index contributed by atoms with van der Waals surface area (Å²) in [5, 5.41) is 6.29. The van der Waals surface area contributed by atoms with E-state index in [9.17, 15) is 4.79 Å². The van der Waals surface area contributed by atoms with Crippen molar-refractivity contribution in [3.63, 3.8) is 0 Å². The van der Waals surface area contributed by atoms with Crippen molar-refractivity contribution in [2.24, 2.45) is 11.3 Å². The molecule has 1 heterocycles. The molecule has 0 spiro atoms. The number of amides is 1. The van der Waals surface area contributed by atoms with E-state index in [1.54, 1.807) is 0 Å². The molecule has 0 aromatic carbocycles. The molecule has 1 atom stereocenters. The predicted octanol–water partition coefficient (Wildman–Crippen LogP) is 1.93. The highest BCUT2D eigenvalue weighted by atomic mass is 16.2. The summed E-state index contributed by atoms with van der Waals surface area (Å²) in [7, 11) is 0. The second-order valence-corrected chi connectivity index (χ2v) is 6.13. The van der Waals surface area contributed by atoms with Gasteiger partial charge in [0.15, 0.2) is 0 Å². The van der Waals surface area contributed by atoms with Gasteiger partial charge in [0.05, 0.1) is 6.04 Å². The first-order valence-corrected chi connectivity index (χ1v) is 6.42. The van der Waals surface area contributed by atoms with E-state index in [-0.39, 0.29) is 17.4 Å². The van der Waals surface area contributed by atoms with Crippen LogP contribution in [0.1, 0.15) is 47.0 Å². The van der Waals surface area contributed by atoms with Crippen LogP contribution in [0.2, 0.25) is 0 Å². The summed E-state index contributed by atoms with van der Waals surface area (Å²) in [4.78, 5) is 11.8. The van der Waals surface area contributed by atoms with Crippen molar-refractivity contribution in [1.29, 1.82) is 0 Å². The minimum atomic E-state index is 0.0508. The highest BCUT2D eigenvalue weighted by Gasteiger charge is 2.25. The first-order chi connectivity index (χ1) is 7.41. The van der Waals surface area contributed by atoms with Crippen molar-refractivity contribution < 1.29 is 4.79 Å². The van der Waals surface area contributed by atoms with Gasteiger partial charge in [-0.1, -0.05) is 27.7 Å². The molecule has 3 nitrogen and oxygen atoms in total. The summed E-state index contributed by atoms with van der Waals surface area (Å²) in [6.45, 7) is 10.6. The predicted molar refractivity (Wildman–Crippen MR) is 67.3 cm³/mol. The van der Waals surface area contributed by atoms with Crippen molar-refractivity contribution in [3.8, 4) is 0 Å². The molecule has 1 aliphatic rings. The van der Waals surface area contributed by atoms with Crippen LogP contribution >= 0.6 is 0 Å². The molecule has 0 aliphatic carbocycles. The third-order valence-corrected chi connectivity index (χ3v) is 3.08. The average Bonchev–Trinajstić information content (AvgIpc) is 2.64. The Morgan fingerprint density at radius 1 is 1.50 bits per heavy atom. The molecule has 2 N–H and O–H groups in total. The van der Waals surface area contributed by atoms with Gasteiger partial charge in [-0.25, -0.2) is 0 Å². The minimum Gasteiger partial charge on any atom is -0.354 e. The van der Waals surface area contributed by atoms with E-state index in [4.69, 9.17) is 0 Å². The standard InChI is InChI=1S/C13H26N2O/c1-10(2)8-13(3,4)9-15-12(16)11-6-5-7-14-11/h10-11,14H,5-9H2,1-4H3,(H,15,16). The number of carbonyl (C=O) groups is 1. The maximum absolute atomic E-state index is 11.8. The summed E-state index contributed by atoms with van der Waals surface area (Å²) >= 11 is 0. The Balaban J connectivity index is 2.29. The van der Waals surface area contributed by atoms with Gasteiger partial charge >= 0.3 is 0 Å². The van der Waals surface area contributed by atoms with Crippen molar-refractivity contribution in [1.82, 2.24) is 10.6 Å². The fourth-order valence-corrected chi connectivity index (χ4v) is 2.54. The molecule has 1 aliphatic heterocycles. The van der Waals surface area contributed by atoms with E-state index in [0.29, 0.717) is 5.92 Å². The van der Waals surface area contributed by atoms with Crippen LogP contribution in [0.25, 0.3) is 0 Å². The van der Waals surface area contributed by atoms with E-state index in [1.807, 2.05) is 0 Å². The molecular weight excluding hydrogens is 200 g/mol. The molecule has 0 aromatic rings. The molecule has 0 bridgehead atoms. The Morgan fingerprint density at radius 3 is 2.69 bits per heavy atom. The Morgan fingerprint density at radius 2 is 2.19 bits per heavy atom. The number of carbonyl (C=O) groups excluding carboxylic acids is 1. The van der Waals surface area contributed by atoms with Gasteiger partial charge < -0.3 is 10.6 Å². The van der Waals surface area contributed by atoms with Crippen molar-refractivity contribution in [3.05, 3.63) is 0 Å². The van der Waals surface area contributed by atoms with Gasteiger partial charge in [-0.2, -0.15) is 0 Å². The summed E-state index contributed by atoms with van der Waals surface area (Å²) in [6.07, 6.45) is 3.25. The molecule has 0 aromatic heterocycles.